The van der Waals surface area contributed by atoms with E-state index in [9.17, 15) is 29.7 Å². The molecule has 3 saturated heterocycles. The highest BCUT2D eigenvalue weighted by atomic mass is 16.6. The molecule has 3 N–H and O–H groups in total. The number of epoxide rings is 1. The number of rotatable bonds is 5. The topological polar surface area (TPSA) is 163 Å². The third kappa shape index (κ3) is 5.25. The number of hydrogen-bond acceptors (Lipinski definition) is 12. The third-order valence-electron chi connectivity index (χ3n) is 12.3. The summed E-state index contributed by atoms with van der Waals surface area (Å²) in [6.45, 7) is 10.8. The van der Waals surface area contributed by atoms with E-state index >= 15 is 0 Å². The molecule has 0 saturated carbocycles. The van der Waals surface area contributed by atoms with Crippen LogP contribution in [0.3, 0.4) is 0 Å². The second-order valence-electron chi connectivity index (χ2n) is 15.8. The zero-order chi connectivity index (χ0) is 37.2. The molecule has 12 heteroatoms. The molecule has 4 aliphatic rings. The average Bonchev–Trinajstić information content (AvgIpc) is 3.69. The van der Waals surface area contributed by atoms with E-state index < -0.39 is 65.1 Å². The van der Waals surface area contributed by atoms with E-state index in [0.29, 0.717) is 17.5 Å². The van der Waals surface area contributed by atoms with E-state index in [1.165, 1.54) is 12.1 Å². The molecule has 0 radical (unpaired) electrons. The molecule has 3 aliphatic heterocycles. The van der Waals surface area contributed by atoms with Crippen molar-refractivity contribution in [1.82, 2.24) is 9.80 Å². The Labute approximate surface area is 296 Å². The summed E-state index contributed by atoms with van der Waals surface area (Å²) >= 11 is 0. The average molecular weight is 705 g/mol. The predicted octanol–water partition coefficient (Wildman–Crippen LogP) is 3.89. The molecule has 0 bridgehead atoms. The van der Waals surface area contributed by atoms with Crippen LogP contribution in [-0.4, -0.2) is 107 Å². The lowest BCUT2D eigenvalue weighted by Gasteiger charge is -2.49. The summed E-state index contributed by atoms with van der Waals surface area (Å²) in [5.74, 6) is -1.37. The number of aliphatic hydroxyl groups excluding tert-OH is 2. The number of benzene rings is 2. The molecule has 0 amide bonds. The summed E-state index contributed by atoms with van der Waals surface area (Å²) in [7, 11) is 7.45. The number of likely N-dealkylation sites (N-methyl/N-ethyl adjacent to an activating group) is 2. The number of nitrogens with zero attached hydrogens (tertiary/aromatic N) is 2. The number of phenolic OH excluding ortho intramolecular Hbond substituents is 1. The van der Waals surface area contributed by atoms with E-state index in [1.54, 1.807) is 33.8 Å². The summed E-state index contributed by atoms with van der Waals surface area (Å²) in [6.07, 6.45) is -4.11. The molecule has 1 aromatic heterocycles. The fraction of sp³-hybridized carbons (Fsp3) is 0.564. The number of phenols is 1. The monoisotopic (exact) mass is 704 g/mol. The number of aliphatic hydroxyl groups is 2. The molecular weight excluding hydrogens is 656 g/mol. The highest BCUT2D eigenvalue weighted by molar-refractivity contribution is 6.33. The summed E-state index contributed by atoms with van der Waals surface area (Å²) in [5, 5.41) is 34.6. The zero-order valence-electron chi connectivity index (χ0n) is 30.9. The summed E-state index contributed by atoms with van der Waals surface area (Å²) in [4.78, 5) is 47.2. The maximum Gasteiger partial charge on any atom is 0.202 e. The van der Waals surface area contributed by atoms with Gasteiger partial charge in [-0.2, -0.15) is 0 Å². The van der Waals surface area contributed by atoms with Gasteiger partial charge in [-0.1, -0.05) is 0 Å². The number of carbonyl (C=O) groups is 2. The quantitative estimate of drug-likeness (QED) is 0.258. The molecule has 51 heavy (non-hydrogen) atoms. The van der Waals surface area contributed by atoms with Crippen molar-refractivity contribution in [2.45, 2.75) is 114 Å². The minimum absolute atomic E-state index is 0.00229. The number of aryl methyl sites for hydroxylation is 1. The van der Waals surface area contributed by atoms with Gasteiger partial charge >= 0.3 is 0 Å². The van der Waals surface area contributed by atoms with Crippen LogP contribution < -0.4 is 5.43 Å². The van der Waals surface area contributed by atoms with Crippen LogP contribution in [0, 0.1) is 6.92 Å². The van der Waals surface area contributed by atoms with Gasteiger partial charge in [-0.25, -0.2) is 0 Å². The maximum absolute atomic E-state index is 15.0. The highest BCUT2D eigenvalue weighted by Crippen LogP contribution is 2.50. The van der Waals surface area contributed by atoms with Gasteiger partial charge in [0.15, 0.2) is 11.2 Å². The van der Waals surface area contributed by atoms with Crippen molar-refractivity contribution in [3.63, 3.8) is 0 Å². The minimum Gasteiger partial charge on any atom is -0.507 e. The second-order valence-corrected chi connectivity index (χ2v) is 15.8. The van der Waals surface area contributed by atoms with Crippen molar-refractivity contribution in [1.29, 1.82) is 0 Å². The van der Waals surface area contributed by atoms with Gasteiger partial charge in [0.2, 0.25) is 5.78 Å². The van der Waals surface area contributed by atoms with E-state index in [-0.39, 0.29) is 68.5 Å². The van der Waals surface area contributed by atoms with E-state index in [0.717, 1.165) is 0 Å². The smallest absolute Gasteiger partial charge is 0.202 e. The van der Waals surface area contributed by atoms with Gasteiger partial charge in [-0.05, 0) is 106 Å². The number of ketones is 2. The Kier molecular flexibility index (Phi) is 8.46. The van der Waals surface area contributed by atoms with E-state index in [1.807, 2.05) is 51.8 Å². The van der Waals surface area contributed by atoms with Crippen LogP contribution in [0.25, 0.3) is 11.0 Å². The molecule has 1 aliphatic carbocycles. The molecule has 4 heterocycles. The molecular formula is C39H48N2O10. The second kappa shape index (κ2) is 12.0. The van der Waals surface area contributed by atoms with Crippen molar-refractivity contribution in [3.05, 3.63) is 73.1 Å². The Bertz CT molecular complexity index is 2040. The summed E-state index contributed by atoms with van der Waals surface area (Å²) in [6, 6.07) is 4.27. The first-order valence-electron chi connectivity index (χ1n) is 17.6. The van der Waals surface area contributed by atoms with Gasteiger partial charge in [0.25, 0.3) is 0 Å². The number of carbonyl (C=O) groups excluding carboxylic acids is 2. The van der Waals surface area contributed by atoms with Crippen LogP contribution in [-0.2, 0) is 19.8 Å². The molecule has 0 spiro atoms. The van der Waals surface area contributed by atoms with Gasteiger partial charge in [-0.3, -0.25) is 14.4 Å². The van der Waals surface area contributed by atoms with E-state index in [4.69, 9.17) is 18.6 Å². The van der Waals surface area contributed by atoms with Crippen LogP contribution in [0.1, 0.15) is 114 Å². The molecule has 3 fully saturated rings. The first kappa shape index (κ1) is 35.9. The summed E-state index contributed by atoms with van der Waals surface area (Å²) < 4.78 is 24.8. The van der Waals surface area contributed by atoms with Gasteiger partial charge in [0, 0.05) is 34.3 Å². The van der Waals surface area contributed by atoms with Crippen LogP contribution in [0.5, 0.6) is 5.75 Å². The fourth-order valence-corrected chi connectivity index (χ4v) is 8.50. The molecule has 3 aromatic rings. The Hall–Kier alpha value is -3.49. The largest absolute Gasteiger partial charge is 0.507 e. The van der Waals surface area contributed by atoms with Gasteiger partial charge in [0.05, 0.1) is 59.2 Å². The minimum atomic E-state index is -0.868. The van der Waals surface area contributed by atoms with Crippen LogP contribution >= 0.6 is 0 Å². The SMILES string of the molecule is Cc1cc2c(c3oc(C4(C)OC4C)cc(=O)c13)C(=O)c1c(O)c(C3CC(C)(N(C)C)C(O)C(C)O3)cc(C3CC(N(C)C)C(O)C(C)O3)c1C2=O. The normalized spacial score (nSPS) is 35.0. The van der Waals surface area contributed by atoms with Crippen molar-refractivity contribution in [3.8, 4) is 5.75 Å². The van der Waals surface area contributed by atoms with Gasteiger partial charge in [-0.15, -0.1) is 0 Å². The standard InChI is InChI=1S/C39H48N2O10/c1-16-11-22-30(36-28(16)24(42)14-27(50-36)39(6)19(4)51-39)35(46)31-29(34(22)45)20(25-13-23(40(7)8)32(43)17(2)48-25)12-21(33(31)44)26-15-38(5,41(9)10)37(47)18(3)49-26/h11-12,14,17-19,23,25-26,32,37,43-44,47H,13,15H2,1-10H3. The molecule has 10 unspecified atom stereocenters. The molecule has 7 rings (SSSR count). The number of aromatic hydroxyl groups is 1. The lowest BCUT2D eigenvalue weighted by molar-refractivity contribution is -0.176. The zero-order valence-corrected chi connectivity index (χ0v) is 30.9. The third-order valence-corrected chi connectivity index (χ3v) is 12.3. The molecule has 274 valence electrons. The fourth-order valence-electron chi connectivity index (χ4n) is 8.50. The first-order valence-corrected chi connectivity index (χ1v) is 17.6. The van der Waals surface area contributed by atoms with Crippen molar-refractivity contribution >= 4 is 22.5 Å². The Morgan fingerprint density at radius 2 is 1.49 bits per heavy atom. The van der Waals surface area contributed by atoms with Crippen LogP contribution in [0.4, 0.5) is 0 Å². The van der Waals surface area contributed by atoms with Crippen LogP contribution in [0.2, 0.25) is 0 Å². The Balaban J connectivity index is 1.49. The Morgan fingerprint density at radius 1 is 0.843 bits per heavy atom. The summed E-state index contributed by atoms with van der Waals surface area (Å²) in [5.41, 5.74) is -1.17. The number of hydrogen-bond donors (Lipinski definition) is 3. The highest BCUT2D eigenvalue weighted by Gasteiger charge is 2.54. The molecule has 10 atom stereocenters. The van der Waals surface area contributed by atoms with Crippen molar-refractivity contribution in [2.24, 2.45) is 0 Å². The van der Waals surface area contributed by atoms with Crippen molar-refractivity contribution in [2.75, 3.05) is 28.2 Å². The Morgan fingerprint density at radius 3 is 2.10 bits per heavy atom. The van der Waals surface area contributed by atoms with Gasteiger partial charge < -0.3 is 43.7 Å². The van der Waals surface area contributed by atoms with E-state index in [2.05, 4.69) is 0 Å². The van der Waals surface area contributed by atoms with Crippen LogP contribution in [0.15, 0.2) is 27.4 Å². The lowest BCUT2D eigenvalue weighted by Crippen LogP contribution is -2.59. The first-order chi connectivity index (χ1) is 23.8. The maximum atomic E-state index is 15.0. The predicted molar refractivity (Wildman–Crippen MR) is 187 cm³/mol. The molecule has 12 nitrogen and oxygen atoms in total. The number of fused-ring (bicyclic) bond motifs is 4. The molecule has 2 aromatic carbocycles. The number of ether oxygens (including phenoxy) is 3. The van der Waals surface area contributed by atoms with Gasteiger partial charge in [0.1, 0.15) is 22.7 Å². The van der Waals surface area contributed by atoms with Crippen molar-refractivity contribution < 1.29 is 43.5 Å². The lowest BCUT2D eigenvalue weighted by atomic mass is 9.74.